The molecule has 2 aromatic carbocycles. The zero-order chi connectivity index (χ0) is 18.1. The van der Waals surface area contributed by atoms with Crippen molar-refractivity contribution in [3.63, 3.8) is 0 Å². The van der Waals surface area contributed by atoms with Crippen molar-refractivity contribution in [2.24, 2.45) is 0 Å². The van der Waals surface area contributed by atoms with Crippen molar-refractivity contribution in [2.45, 2.75) is 36.5 Å². The largest absolute Gasteiger partial charge is 0.492 e. The van der Waals surface area contributed by atoms with E-state index in [1.807, 2.05) is 30.3 Å². The van der Waals surface area contributed by atoms with Gasteiger partial charge in [-0.3, -0.25) is 4.90 Å². The fourth-order valence-electron chi connectivity index (χ4n) is 2.62. The van der Waals surface area contributed by atoms with Gasteiger partial charge in [0.05, 0.1) is 11.4 Å². The zero-order valence-electron chi connectivity index (χ0n) is 15.2. The zero-order valence-corrected chi connectivity index (χ0v) is 16.0. The second-order valence-electron chi connectivity index (χ2n) is 6.05. The molecule has 2 rings (SSSR count). The molecule has 0 atom stereocenters. The van der Waals surface area contributed by atoms with Crippen LogP contribution in [0.1, 0.15) is 26.7 Å². The Balaban J connectivity index is 1.83. The molecular formula is C20H29N3OS. The summed E-state index contributed by atoms with van der Waals surface area (Å²) in [5.41, 5.74) is 12.8. The maximum atomic E-state index is 5.88. The third-order valence-electron chi connectivity index (χ3n) is 3.87. The van der Waals surface area contributed by atoms with Gasteiger partial charge in [-0.05, 0) is 68.4 Å². The van der Waals surface area contributed by atoms with Crippen LogP contribution in [0.3, 0.4) is 0 Å². The normalized spacial score (nSPS) is 11.0. The molecule has 0 aromatic heterocycles. The lowest BCUT2D eigenvalue weighted by molar-refractivity contribution is 0.209. The predicted molar refractivity (Wildman–Crippen MR) is 108 cm³/mol. The molecule has 4 nitrogen and oxygen atoms in total. The van der Waals surface area contributed by atoms with Crippen LogP contribution < -0.4 is 16.2 Å². The van der Waals surface area contributed by atoms with Crippen LogP contribution in [0.25, 0.3) is 0 Å². The lowest BCUT2D eigenvalue weighted by atomic mass is 10.3. The van der Waals surface area contributed by atoms with Crippen LogP contribution in [0.2, 0.25) is 0 Å². The van der Waals surface area contributed by atoms with E-state index in [4.69, 9.17) is 16.2 Å². The van der Waals surface area contributed by atoms with E-state index in [-0.39, 0.29) is 0 Å². The third kappa shape index (κ3) is 6.52. The van der Waals surface area contributed by atoms with Crippen molar-refractivity contribution < 1.29 is 4.74 Å². The van der Waals surface area contributed by atoms with Gasteiger partial charge in [0.1, 0.15) is 12.4 Å². The highest BCUT2D eigenvalue weighted by Crippen LogP contribution is 2.31. The Morgan fingerprint density at radius 1 is 0.840 bits per heavy atom. The predicted octanol–water partition coefficient (Wildman–Crippen LogP) is 4.50. The number of hydrogen-bond acceptors (Lipinski definition) is 5. The number of hydrogen-bond donors (Lipinski definition) is 2. The van der Waals surface area contributed by atoms with Gasteiger partial charge in [0.2, 0.25) is 0 Å². The monoisotopic (exact) mass is 359 g/mol. The number of anilines is 2. The first kappa shape index (κ1) is 19.5. The first-order valence-corrected chi connectivity index (χ1v) is 9.72. The van der Waals surface area contributed by atoms with Crippen LogP contribution in [-0.4, -0.2) is 31.1 Å². The van der Waals surface area contributed by atoms with E-state index in [0.717, 1.165) is 41.8 Å². The Morgan fingerprint density at radius 3 is 2.08 bits per heavy atom. The Morgan fingerprint density at radius 2 is 1.48 bits per heavy atom. The Labute approximate surface area is 155 Å². The van der Waals surface area contributed by atoms with Crippen LogP contribution in [-0.2, 0) is 0 Å². The molecule has 2 aromatic rings. The molecule has 0 saturated heterocycles. The Kier molecular flexibility index (Phi) is 7.95. The molecule has 0 aliphatic carbocycles. The van der Waals surface area contributed by atoms with Gasteiger partial charge < -0.3 is 16.2 Å². The van der Waals surface area contributed by atoms with Gasteiger partial charge >= 0.3 is 0 Å². The Bertz CT molecular complexity index is 640. The summed E-state index contributed by atoms with van der Waals surface area (Å²) in [6, 6.07) is 13.9. The second-order valence-corrected chi connectivity index (χ2v) is 7.20. The molecule has 0 aliphatic rings. The molecule has 0 bridgehead atoms. The summed E-state index contributed by atoms with van der Waals surface area (Å²) in [4.78, 5) is 4.68. The van der Waals surface area contributed by atoms with Crippen LogP contribution >= 0.6 is 11.8 Å². The highest BCUT2D eigenvalue weighted by atomic mass is 32.2. The van der Waals surface area contributed by atoms with Gasteiger partial charge in [-0.25, -0.2) is 0 Å². The fourth-order valence-corrected chi connectivity index (χ4v) is 3.48. The van der Waals surface area contributed by atoms with Crippen LogP contribution in [0.4, 0.5) is 11.4 Å². The lowest BCUT2D eigenvalue weighted by Gasteiger charge is -2.20. The molecule has 5 heteroatoms. The average molecular weight is 360 g/mol. The second kappa shape index (κ2) is 10.2. The van der Waals surface area contributed by atoms with Gasteiger partial charge in [0, 0.05) is 16.3 Å². The third-order valence-corrected chi connectivity index (χ3v) is 4.87. The van der Waals surface area contributed by atoms with Gasteiger partial charge in [-0.2, -0.15) is 0 Å². The highest BCUT2D eigenvalue weighted by Gasteiger charge is 2.04. The summed E-state index contributed by atoms with van der Waals surface area (Å²) >= 11 is 1.66. The number of nitrogens with zero attached hydrogens (tertiary/aromatic N) is 1. The Hall–Kier alpha value is -1.85. The van der Waals surface area contributed by atoms with Gasteiger partial charge in [-0.1, -0.05) is 25.6 Å². The highest BCUT2D eigenvalue weighted by molar-refractivity contribution is 7.99. The number of benzene rings is 2. The summed E-state index contributed by atoms with van der Waals surface area (Å²) in [6.45, 7) is 8.40. The number of nitrogen functional groups attached to an aromatic ring is 2. The molecular weight excluding hydrogens is 330 g/mol. The molecule has 0 aliphatic heterocycles. The summed E-state index contributed by atoms with van der Waals surface area (Å²) in [5.74, 6) is 0.911. The van der Waals surface area contributed by atoms with E-state index in [0.29, 0.717) is 11.4 Å². The van der Waals surface area contributed by atoms with Gasteiger partial charge in [0.15, 0.2) is 0 Å². The van der Waals surface area contributed by atoms with Crippen molar-refractivity contribution in [1.82, 2.24) is 4.90 Å². The molecule has 0 heterocycles. The van der Waals surface area contributed by atoms with E-state index in [1.54, 1.807) is 11.8 Å². The number of nitrogens with two attached hydrogens (primary N) is 2. The smallest absolute Gasteiger partial charge is 0.119 e. The van der Waals surface area contributed by atoms with E-state index < -0.39 is 0 Å². The molecule has 0 unspecified atom stereocenters. The van der Waals surface area contributed by atoms with Crippen molar-refractivity contribution in [3.8, 4) is 5.75 Å². The summed E-state index contributed by atoms with van der Waals surface area (Å²) in [6.07, 6.45) is 2.36. The average Bonchev–Trinajstić information content (AvgIpc) is 2.60. The minimum absolute atomic E-state index is 0.619. The van der Waals surface area contributed by atoms with E-state index in [2.05, 4.69) is 30.9 Å². The number of rotatable bonds is 10. The molecule has 0 saturated carbocycles. The van der Waals surface area contributed by atoms with Crippen molar-refractivity contribution in [1.29, 1.82) is 0 Å². The molecule has 136 valence electrons. The van der Waals surface area contributed by atoms with Crippen LogP contribution in [0.5, 0.6) is 5.75 Å². The molecule has 0 amide bonds. The van der Waals surface area contributed by atoms with E-state index >= 15 is 0 Å². The quantitative estimate of drug-likeness (QED) is 0.611. The van der Waals surface area contributed by atoms with Crippen LogP contribution in [0.15, 0.2) is 52.3 Å². The summed E-state index contributed by atoms with van der Waals surface area (Å²) in [5, 5.41) is 0. The standard InChI is InChI=1S/C20H29N3OS/c1-3-11-23(12-4-2)13-14-24-16-5-7-17(8-6-16)25-18-9-10-19(21)20(22)15-18/h5-10,15H,3-4,11-14,21-22H2,1-2H3. The number of ether oxygens (including phenoxy) is 1. The van der Waals surface area contributed by atoms with Gasteiger partial charge in [-0.15, -0.1) is 0 Å². The minimum atomic E-state index is 0.619. The lowest BCUT2D eigenvalue weighted by Crippen LogP contribution is -2.30. The minimum Gasteiger partial charge on any atom is -0.492 e. The fraction of sp³-hybridized carbons (Fsp3) is 0.400. The molecule has 0 spiro atoms. The molecule has 0 radical (unpaired) electrons. The maximum Gasteiger partial charge on any atom is 0.119 e. The summed E-state index contributed by atoms with van der Waals surface area (Å²) in [7, 11) is 0. The first-order valence-electron chi connectivity index (χ1n) is 8.90. The van der Waals surface area contributed by atoms with E-state index in [1.165, 1.54) is 12.8 Å². The molecule has 25 heavy (non-hydrogen) atoms. The first-order chi connectivity index (χ1) is 12.1. The SMILES string of the molecule is CCCN(CCC)CCOc1ccc(Sc2ccc(N)c(N)c2)cc1. The molecule has 0 fully saturated rings. The molecule has 4 N–H and O–H groups in total. The maximum absolute atomic E-state index is 5.88. The summed E-state index contributed by atoms with van der Waals surface area (Å²) < 4.78 is 5.88. The van der Waals surface area contributed by atoms with Crippen molar-refractivity contribution in [2.75, 3.05) is 37.7 Å². The van der Waals surface area contributed by atoms with Crippen LogP contribution in [0, 0.1) is 0 Å². The topological polar surface area (TPSA) is 64.5 Å². The van der Waals surface area contributed by atoms with Crippen molar-refractivity contribution in [3.05, 3.63) is 42.5 Å². The van der Waals surface area contributed by atoms with E-state index in [9.17, 15) is 0 Å². The van der Waals surface area contributed by atoms with Gasteiger partial charge in [0.25, 0.3) is 0 Å². The van der Waals surface area contributed by atoms with Crippen molar-refractivity contribution >= 4 is 23.1 Å².